The van der Waals surface area contributed by atoms with E-state index < -0.39 is 0 Å². The Morgan fingerprint density at radius 3 is 2.88 bits per heavy atom. The number of nitrogens with zero attached hydrogens (tertiary/aromatic N) is 1. The first-order chi connectivity index (χ1) is 7.70. The molecule has 1 aromatic rings. The van der Waals surface area contributed by atoms with E-state index in [0.29, 0.717) is 0 Å². The van der Waals surface area contributed by atoms with Crippen molar-refractivity contribution in [3.63, 3.8) is 0 Å². The smallest absolute Gasteiger partial charge is 0.0970 e. The van der Waals surface area contributed by atoms with E-state index >= 15 is 0 Å². The summed E-state index contributed by atoms with van der Waals surface area (Å²) in [5, 5.41) is 0. The molecule has 1 aliphatic carbocycles. The number of rotatable bonds is 3. The van der Waals surface area contributed by atoms with Crippen LogP contribution in [0.4, 0.5) is 0 Å². The zero-order valence-electron chi connectivity index (χ0n) is 10.3. The van der Waals surface area contributed by atoms with E-state index in [9.17, 15) is 0 Å². The van der Waals surface area contributed by atoms with E-state index in [1.54, 1.807) is 0 Å². The highest BCUT2D eigenvalue weighted by Crippen LogP contribution is 2.26. The summed E-state index contributed by atoms with van der Waals surface area (Å²) in [6, 6.07) is 2.14. The van der Waals surface area contributed by atoms with Crippen molar-refractivity contribution in [3.05, 3.63) is 34.3 Å². The van der Waals surface area contributed by atoms with Crippen LogP contribution in [0.25, 0.3) is 6.08 Å². The topological polar surface area (TPSA) is 22.1 Å². The van der Waals surface area contributed by atoms with E-state index in [1.807, 2.05) is 0 Å². The Morgan fingerprint density at radius 2 is 2.12 bits per heavy atom. The third-order valence-electron chi connectivity index (χ3n) is 2.88. The second-order valence-electron chi connectivity index (χ2n) is 4.40. The van der Waals surface area contributed by atoms with E-state index in [0.717, 1.165) is 37.3 Å². The maximum Gasteiger partial charge on any atom is 0.0970 e. The van der Waals surface area contributed by atoms with Gasteiger partial charge in [0.05, 0.1) is 12.4 Å². The van der Waals surface area contributed by atoms with Gasteiger partial charge in [0.15, 0.2) is 0 Å². The first-order valence-electron chi connectivity index (χ1n) is 6.01. The van der Waals surface area contributed by atoms with Crippen LogP contribution in [0.2, 0.25) is 0 Å². The fourth-order valence-electron chi connectivity index (χ4n) is 2.13. The molecule has 1 aliphatic rings. The SMILES string of the molecule is CCCOC1=Cc2c(C)cc(C)nc2CC1. The van der Waals surface area contributed by atoms with Gasteiger partial charge in [0, 0.05) is 23.4 Å². The van der Waals surface area contributed by atoms with Gasteiger partial charge < -0.3 is 4.74 Å². The zero-order chi connectivity index (χ0) is 11.5. The molecule has 0 bridgehead atoms. The van der Waals surface area contributed by atoms with Gasteiger partial charge in [-0.25, -0.2) is 0 Å². The third-order valence-corrected chi connectivity index (χ3v) is 2.88. The largest absolute Gasteiger partial charge is 0.498 e. The van der Waals surface area contributed by atoms with Gasteiger partial charge >= 0.3 is 0 Å². The first kappa shape index (κ1) is 11.2. The minimum atomic E-state index is 0.819. The van der Waals surface area contributed by atoms with Crippen LogP contribution in [-0.4, -0.2) is 11.6 Å². The van der Waals surface area contributed by atoms with Crippen molar-refractivity contribution in [1.29, 1.82) is 0 Å². The summed E-state index contributed by atoms with van der Waals surface area (Å²) < 4.78 is 5.71. The van der Waals surface area contributed by atoms with Crippen LogP contribution in [0.3, 0.4) is 0 Å². The van der Waals surface area contributed by atoms with Gasteiger partial charge in [0.25, 0.3) is 0 Å². The molecule has 0 amide bonds. The Kier molecular flexibility index (Phi) is 3.28. The van der Waals surface area contributed by atoms with Crippen LogP contribution in [0.5, 0.6) is 0 Å². The van der Waals surface area contributed by atoms with Gasteiger partial charge in [0.2, 0.25) is 0 Å². The number of fused-ring (bicyclic) bond motifs is 1. The van der Waals surface area contributed by atoms with Crippen LogP contribution in [0.1, 0.15) is 42.3 Å². The highest BCUT2D eigenvalue weighted by atomic mass is 16.5. The molecule has 0 fully saturated rings. The van der Waals surface area contributed by atoms with Crippen LogP contribution >= 0.6 is 0 Å². The summed E-state index contributed by atoms with van der Waals surface area (Å²) in [6.45, 7) is 7.15. The molecule has 0 aromatic carbocycles. The minimum Gasteiger partial charge on any atom is -0.498 e. The number of aromatic nitrogens is 1. The van der Waals surface area contributed by atoms with Crippen molar-refractivity contribution in [3.8, 4) is 0 Å². The average molecular weight is 217 g/mol. The van der Waals surface area contributed by atoms with E-state index in [1.165, 1.54) is 16.8 Å². The lowest BCUT2D eigenvalue weighted by Crippen LogP contribution is -2.07. The molecular weight excluding hydrogens is 198 g/mol. The molecule has 0 spiro atoms. The number of aryl methyl sites for hydroxylation is 3. The zero-order valence-corrected chi connectivity index (χ0v) is 10.3. The van der Waals surface area contributed by atoms with E-state index in [4.69, 9.17) is 4.74 Å². The molecule has 2 heteroatoms. The normalized spacial score (nSPS) is 14.3. The van der Waals surface area contributed by atoms with Gasteiger partial charge in [-0.05, 0) is 44.4 Å². The fourth-order valence-corrected chi connectivity index (χ4v) is 2.13. The quantitative estimate of drug-likeness (QED) is 0.774. The number of pyridine rings is 1. The molecule has 0 N–H and O–H groups in total. The molecule has 0 unspecified atom stereocenters. The second-order valence-corrected chi connectivity index (χ2v) is 4.40. The van der Waals surface area contributed by atoms with Crippen LogP contribution < -0.4 is 0 Å². The van der Waals surface area contributed by atoms with Gasteiger partial charge in [0.1, 0.15) is 0 Å². The highest BCUT2D eigenvalue weighted by Gasteiger charge is 2.14. The second kappa shape index (κ2) is 4.69. The van der Waals surface area contributed by atoms with Crippen molar-refractivity contribution < 1.29 is 4.74 Å². The maximum absolute atomic E-state index is 5.71. The summed E-state index contributed by atoms with van der Waals surface area (Å²) in [5.41, 5.74) is 4.91. The van der Waals surface area contributed by atoms with E-state index in [-0.39, 0.29) is 0 Å². The Morgan fingerprint density at radius 1 is 1.31 bits per heavy atom. The molecular formula is C14H19NO. The van der Waals surface area contributed by atoms with Crippen molar-refractivity contribution in [2.24, 2.45) is 0 Å². The Balaban J connectivity index is 2.28. The molecule has 0 atom stereocenters. The predicted octanol–water partition coefficient (Wildman–Crippen LogP) is 3.41. The van der Waals surface area contributed by atoms with Gasteiger partial charge in [-0.2, -0.15) is 0 Å². The van der Waals surface area contributed by atoms with Gasteiger partial charge in [-0.15, -0.1) is 0 Å². The van der Waals surface area contributed by atoms with E-state index in [2.05, 4.69) is 37.9 Å². The molecule has 2 nitrogen and oxygen atoms in total. The highest BCUT2D eigenvalue weighted by molar-refractivity contribution is 5.60. The van der Waals surface area contributed by atoms with Gasteiger partial charge in [-0.3, -0.25) is 4.98 Å². The molecule has 1 heterocycles. The molecule has 0 saturated heterocycles. The summed E-state index contributed by atoms with van der Waals surface area (Å²) in [6.07, 6.45) is 5.22. The standard InChI is InChI=1S/C14H19NO/c1-4-7-16-12-5-6-14-13(9-12)10(2)8-11(3)15-14/h8-9H,4-7H2,1-3H3. The average Bonchev–Trinajstić information content (AvgIpc) is 2.26. The number of hydrogen-bond donors (Lipinski definition) is 0. The van der Waals surface area contributed by atoms with Crippen molar-refractivity contribution in [1.82, 2.24) is 4.98 Å². The first-order valence-corrected chi connectivity index (χ1v) is 6.01. The molecule has 16 heavy (non-hydrogen) atoms. The van der Waals surface area contributed by atoms with Crippen LogP contribution in [-0.2, 0) is 11.2 Å². The molecule has 0 radical (unpaired) electrons. The van der Waals surface area contributed by atoms with Crippen LogP contribution in [0.15, 0.2) is 11.8 Å². The van der Waals surface area contributed by atoms with Gasteiger partial charge in [-0.1, -0.05) is 6.92 Å². The number of allylic oxidation sites excluding steroid dienone is 1. The maximum atomic E-state index is 5.71. The summed E-state index contributed by atoms with van der Waals surface area (Å²) in [4.78, 5) is 4.59. The third kappa shape index (κ3) is 2.26. The summed E-state index contributed by atoms with van der Waals surface area (Å²) in [7, 11) is 0. The molecule has 86 valence electrons. The lowest BCUT2D eigenvalue weighted by Gasteiger charge is -2.18. The lowest BCUT2D eigenvalue weighted by molar-refractivity contribution is 0.204. The molecule has 1 aromatic heterocycles. The summed E-state index contributed by atoms with van der Waals surface area (Å²) in [5.74, 6) is 1.11. The number of ether oxygens (including phenoxy) is 1. The number of hydrogen-bond acceptors (Lipinski definition) is 2. The molecule has 0 aliphatic heterocycles. The van der Waals surface area contributed by atoms with Crippen LogP contribution in [0, 0.1) is 13.8 Å². The summed E-state index contributed by atoms with van der Waals surface area (Å²) >= 11 is 0. The Hall–Kier alpha value is -1.31. The Bertz CT molecular complexity index is 421. The molecule has 0 saturated carbocycles. The van der Waals surface area contributed by atoms with Crippen molar-refractivity contribution in [2.75, 3.05) is 6.61 Å². The Labute approximate surface area is 97.4 Å². The predicted molar refractivity (Wildman–Crippen MR) is 66.3 cm³/mol. The fraction of sp³-hybridized carbons (Fsp3) is 0.500. The van der Waals surface area contributed by atoms with Crippen molar-refractivity contribution >= 4 is 6.08 Å². The lowest BCUT2D eigenvalue weighted by atomic mass is 9.97. The monoisotopic (exact) mass is 217 g/mol. The molecule has 2 rings (SSSR count). The minimum absolute atomic E-state index is 0.819. The van der Waals surface area contributed by atoms with Crippen molar-refractivity contribution in [2.45, 2.75) is 40.0 Å².